The van der Waals surface area contributed by atoms with E-state index >= 15 is 0 Å². The van der Waals surface area contributed by atoms with Crippen LogP contribution in [0.4, 0.5) is 61.5 Å². The maximum atomic E-state index is 14.0. The highest BCUT2D eigenvalue weighted by Gasteiger charge is 2.37. The van der Waals surface area contributed by atoms with E-state index in [-0.39, 0.29) is 56.2 Å². The average Bonchev–Trinajstić information content (AvgIpc) is 1.66. The lowest BCUT2D eigenvalue weighted by Crippen LogP contribution is -2.07. The lowest BCUT2D eigenvalue weighted by atomic mass is 10.1. The standard InChI is InChI=1S/C23H18F4N2O2S3.C23H19F3N2O2S3.C22H16F4N2O4S.C22H17F3N2O4S/c1-11-7-16-21(34-19(29-16)5-6-20(30)31)17(8-11)32-10-18-12(2)28-22(33-18)13-3-4-14(15(24)9-13)23(25,26)27;1-12-9-16-21(33-19(28-16)7-8-20(29)30)17(10-12)31-11-18-13(2)27-22(32-18)14-3-5-15(6-4-14)23(24,25)26;1-10-3-6-15-20(32-17(28-15)8-18(29)30)19(10)31-9-16-11(2)27-21(33-16)12-4-5-13(14(23)7-12)22(24,25)26;1-11-3-8-15-20(31-17(27-15)9-18(28)29)19(11)30-10-16-12(2)26-21(32-16)13-4-6-14(7-5-13)22(23,24)25/h3-4,7-9H,5-6,10H2,1-2H3,(H,30,31);3-6,9-10H,7-8,11H2,1-2H3,(H,29,30);3-7H,8-9H2,1-2H3,(H,29,30);3-8H,9-10H2,1-2H3,(H,28,29). The smallest absolute Gasteiger partial charge is 0.419 e. The highest BCUT2D eigenvalue weighted by atomic mass is 32.2. The summed E-state index contributed by atoms with van der Waals surface area (Å²) in [6.45, 7) is 15.1. The van der Waals surface area contributed by atoms with Crippen molar-refractivity contribution in [2.24, 2.45) is 0 Å². The molecule has 8 aromatic carbocycles. The molecule has 0 saturated heterocycles. The number of carbonyl (C=O) groups is 4. The number of oxazole rings is 2. The second-order valence-corrected chi connectivity index (χ2v) is 38.0. The number of carboxylic acid groups (broad SMARTS) is 4. The van der Waals surface area contributed by atoms with Crippen molar-refractivity contribution in [3.8, 4) is 53.8 Å². The van der Waals surface area contributed by atoms with Gasteiger partial charge >= 0.3 is 48.6 Å². The molecule has 0 atom stereocenters. The summed E-state index contributed by atoms with van der Waals surface area (Å²) in [5.74, 6) is -4.29. The van der Waals surface area contributed by atoms with Crippen LogP contribution in [0.5, 0.6) is 11.5 Å². The van der Waals surface area contributed by atoms with Crippen LogP contribution < -0.4 is 9.47 Å². The van der Waals surface area contributed by atoms with Gasteiger partial charge in [0.25, 0.3) is 0 Å². The first-order chi connectivity index (χ1) is 62.2. The minimum Gasteiger partial charge on any atom is -0.484 e. The topological polar surface area (TPSA) is 297 Å². The number of rotatable bonds is 26. The van der Waals surface area contributed by atoms with Crippen LogP contribution in [-0.2, 0) is 94.3 Å². The van der Waals surface area contributed by atoms with Crippen LogP contribution >= 0.6 is 91.5 Å². The number of benzene rings is 8. The molecule has 0 bridgehead atoms. The fourth-order valence-corrected chi connectivity index (χ4v) is 21.9. The van der Waals surface area contributed by atoms with E-state index in [0.29, 0.717) is 117 Å². The van der Waals surface area contributed by atoms with E-state index in [1.807, 2.05) is 46.8 Å². The highest BCUT2D eigenvalue weighted by molar-refractivity contribution is 7.99. The third-order valence-electron chi connectivity index (χ3n) is 19.5. The molecular formula is C90H70F14N8O12S8. The van der Waals surface area contributed by atoms with Gasteiger partial charge in [-0.1, -0.05) is 48.5 Å². The van der Waals surface area contributed by atoms with Crippen molar-refractivity contribution >= 4 is 158 Å². The van der Waals surface area contributed by atoms with Crippen molar-refractivity contribution in [3.63, 3.8) is 0 Å². The molecule has 8 aromatic heterocycles. The van der Waals surface area contributed by atoms with Crippen LogP contribution in [0.3, 0.4) is 0 Å². The Bertz CT molecular complexity index is 6990. The Kier molecular flexibility index (Phi) is 30.2. The molecule has 0 saturated carbocycles. The Labute approximate surface area is 772 Å². The van der Waals surface area contributed by atoms with Gasteiger partial charge < -0.3 is 38.7 Å². The summed E-state index contributed by atoms with van der Waals surface area (Å²) in [5.41, 5.74) is 7.64. The van der Waals surface area contributed by atoms with Crippen molar-refractivity contribution < 1.29 is 119 Å². The molecule has 0 aliphatic rings. The second-order valence-electron chi connectivity index (χ2n) is 29.5. The minimum atomic E-state index is -4.77. The zero-order valence-electron chi connectivity index (χ0n) is 70.0. The SMILES string of the molecule is Cc1cc(SCc2sc(-c3ccc(C(F)(F)F)c(F)c3)nc2C)c2sc(CCC(=O)O)nc2c1.Cc1cc(SCc2sc(-c3ccc(C(F)(F)F)cc3)nc2C)c2sc(CCC(=O)O)nc2c1.Cc1ccc2nc(CC(=O)O)oc2c1OCc1sc(-c2ccc(C(F)(F)F)c(F)c2)nc1C.Cc1ccc2nc(CC(=O)O)oc2c1OCc1sc(-c2ccc(C(F)(F)F)cc2)nc1C. The molecule has 8 heterocycles. The molecule has 16 rings (SSSR count). The van der Waals surface area contributed by atoms with Crippen molar-refractivity contribution in [1.29, 1.82) is 0 Å². The van der Waals surface area contributed by atoms with Gasteiger partial charge in [-0.2, -0.15) is 52.7 Å². The van der Waals surface area contributed by atoms with Gasteiger partial charge in [0, 0.05) is 66.1 Å². The van der Waals surface area contributed by atoms with Crippen LogP contribution in [0, 0.1) is 67.0 Å². The van der Waals surface area contributed by atoms with Crippen LogP contribution in [-0.4, -0.2) is 84.2 Å². The Morgan fingerprint density at radius 3 is 1.03 bits per heavy atom. The summed E-state index contributed by atoms with van der Waals surface area (Å²) >= 11 is 11.5. The van der Waals surface area contributed by atoms with Gasteiger partial charge in [0.05, 0.1) is 98.1 Å². The largest absolute Gasteiger partial charge is 0.484 e. The van der Waals surface area contributed by atoms with Crippen LogP contribution in [0.1, 0.15) is 121 Å². The number of nitrogens with zero attached hydrogens (tertiary/aromatic N) is 8. The number of alkyl halides is 12. The number of aromatic nitrogens is 8. The van der Waals surface area contributed by atoms with E-state index in [1.165, 1.54) is 104 Å². The predicted octanol–water partition coefficient (Wildman–Crippen LogP) is 26.6. The zero-order valence-corrected chi connectivity index (χ0v) is 76.5. The minimum absolute atomic E-state index is 0.0225. The molecular weight excluding hydrogens is 1910 g/mol. The van der Waals surface area contributed by atoms with Crippen LogP contribution in [0.25, 0.3) is 84.9 Å². The number of thioether (sulfide) groups is 2. The van der Waals surface area contributed by atoms with Crippen LogP contribution in [0.15, 0.2) is 152 Å². The number of thiazole rings is 6. The van der Waals surface area contributed by atoms with Gasteiger partial charge in [0.15, 0.2) is 22.7 Å². The number of fused-ring (bicyclic) bond motifs is 4. The molecule has 0 amide bonds. The molecule has 0 fully saturated rings. The summed E-state index contributed by atoms with van der Waals surface area (Å²) in [5, 5.41) is 39.5. The van der Waals surface area contributed by atoms with Crippen molar-refractivity contribution in [2.45, 2.75) is 153 Å². The van der Waals surface area contributed by atoms with Gasteiger partial charge in [-0.05, 0) is 163 Å². The summed E-state index contributed by atoms with van der Waals surface area (Å²) < 4.78 is 207. The number of halogens is 14. The van der Waals surface area contributed by atoms with Crippen molar-refractivity contribution in [3.05, 3.63) is 254 Å². The second kappa shape index (κ2) is 40.7. The Morgan fingerprint density at radius 1 is 0.371 bits per heavy atom. The number of hydrogen-bond acceptors (Lipinski definition) is 24. The molecule has 20 nitrogen and oxygen atoms in total. The van der Waals surface area contributed by atoms with Gasteiger partial charge in [-0.15, -0.1) is 91.5 Å². The summed E-state index contributed by atoms with van der Waals surface area (Å²) in [6.07, 6.45) is -18.1. The summed E-state index contributed by atoms with van der Waals surface area (Å²) in [6, 6.07) is 30.6. The molecule has 0 aliphatic carbocycles. The number of ether oxygens (including phenoxy) is 2. The molecule has 0 unspecified atom stereocenters. The molecule has 0 spiro atoms. The quantitative estimate of drug-likeness (QED) is 0.0289. The van der Waals surface area contributed by atoms with E-state index in [1.54, 1.807) is 68.6 Å². The molecule has 0 radical (unpaired) electrons. The fraction of sp³-hybridized carbons (Fsp3) is 0.244. The fourth-order valence-electron chi connectivity index (χ4n) is 12.9. The first-order valence-electron chi connectivity index (χ1n) is 39.2. The van der Waals surface area contributed by atoms with Gasteiger partial charge in [-0.25, -0.2) is 48.7 Å². The van der Waals surface area contributed by atoms with E-state index in [0.717, 1.165) is 131 Å². The Balaban J connectivity index is 0.000000150. The average molecular weight is 1980 g/mol. The monoisotopic (exact) mass is 1980 g/mol. The molecule has 0 aliphatic heterocycles. The molecule has 4 N–H and O–H groups in total. The predicted molar refractivity (Wildman–Crippen MR) is 478 cm³/mol. The van der Waals surface area contributed by atoms with E-state index in [2.05, 4.69) is 52.0 Å². The van der Waals surface area contributed by atoms with Gasteiger partial charge in [0.1, 0.15) is 68.8 Å². The van der Waals surface area contributed by atoms with Crippen LogP contribution in [0.2, 0.25) is 0 Å². The van der Waals surface area contributed by atoms with Gasteiger partial charge in [0.2, 0.25) is 11.8 Å². The van der Waals surface area contributed by atoms with Crippen molar-refractivity contribution in [1.82, 2.24) is 39.9 Å². The Hall–Kier alpha value is -11.8. The third-order valence-corrected chi connectivity index (χ3v) is 29.3. The lowest BCUT2D eigenvalue weighted by Gasteiger charge is -2.08. The first-order valence-corrected chi connectivity index (χ1v) is 46.0. The number of hydrogen-bond donors (Lipinski definition) is 4. The Morgan fingerprint density at radius 2 is 0.705 bits per heavy atom. The number of carboxylic acids is 4. The van der Waals surface area contributed by atoms with Crippen molar-refractivity contribution in [2.75, 3.05) is 0 Å². The number of aryl methyl sites for hydroxylation is 10. The molecule has 16 aromatic rings. The molecule has 132 heavy (non-hydrogen) atoms. The maximum Gasteiger partial charge on any atom is 0.419 e. The maximum absolute atomic E-state index is 14.0. The van der Waals surface area contributed by atoms with E-state index in [4.69, 9.17) is 38.7 Å². The number of aliphatic carboxylic acids is 4. The van der Waals surface area contributed by atoms with E-state index < -0.39 is 82.5 Å². The zero-order chi connectivity index (χ0) is 95.3. The summed E-state index contributed by atoms with van der Waals surface area (Å²) in [7, 11) is 0. The summed E-state index contributed by atoms with van der Waals surface area (Å²) in [4.78, 5) is 84.5. The molecule has 688 valence electrons. The normalized spacial score (nSPS) is 11.9. The lowest BCUT2D eigenvalue weighted by molar-refractivity contribution is -0.140. The van der Waals surface area contributed by atoms with Gasteiger partial charge in [-0.3, -0.25) is 19.2 Å². The first kappa shape index (κ1) is 97.7. The van der Waals surface area contributed by atoms with E-state index in [9.17, 15) is 80.6 Å². The highest BCUT2D eigenvalue weighted by Crippen LogP contribution is 2.45. The molecule has 42 heteroatoms. The third kappa shape index (κ3) is 24.4.